The molecule has 2 N–H and O–H groups in total. The zero-order chi connectivity index (χ0) is 26.8. The summed E-state index contributed by atoms with van der Waals surface area (Å²) in [5, 5.41) is 12.3. The Balaban J connectivity index is 1.14. The minimum Gasteiger partial charge on any atom is -0.356 e. The number of aromatic nitrogens is 4. The molecule has 39 heavy (non-hydrogen) atoms. The van der Waals surface area contributed by atoms with Crippen molar-refractivity contribution in [2.45, 2.75) is 51.7 Å². The third-order valence-electron chi connectivity index (χ3n) is 7.22. The molecule has 0 saturated carbocycles. The van der Waals surface area contributed by atoms with Crippen molar-refractivity contribution in [3.05, 3.63) is 58.9 Å². The first kappa shape index (κ1) is 25.4. The van der Waals surface area contributed by atoms with Gasteiger partial charge in [-0.15, -0.1) is 0 Å². The fourth-order valence-electron chi connectivity index (χ4n) is 5.14. The summed E-state index contributed by atoms with van der Waals surface area (Å²) in [5.41, 5.74) is 3.32. The number of fused-ring (bicyclic) bond motifs is 1. The van der Waals surface area contributed by atoms with Gasteiger partial charge < -0.3 is 20.3 Å². The Labute approximate surface area is 230 Å². The van der Waals surface area contributed by atoms with Crippen LogP contribution in [0.5, 0.6) is 0 Å². The lowest BCUT2D eigenvalue weighted by Gasteiger charge is -2.23. The van der Waals surface area contributed by atoms with E-state index in [0.717, 1.165) is 74.0 Å². The number of carbonyl (C=O) groups is 2. The SMILES string of the molecule is Cc1ccc2c(cnn2C2CCCCO2)c1NC(=O)c1cnc(Nc2cccc(CC(=O)N3CCCC3)n2)s1. The molecule has 0 aliphatic carbocycles. The Kier molecular flexibility index (Phi) is 7.25. The van der Waals surface area contributed by atoms with Crippen LogP contribution >= 0.6 is 11.3 Å². The molecular formula is C28H31N7O3S. The second kappa shape index (κ2) is 11.1. The van der Waals surface area contributed by atoms with Crippen LogP contribution in [0.25, 0.3) is 10.9 Å². The Morgan fingerprint density at radius 2 is 1.97 bits per heavy atom. The Morgan fingerprint density at radius 3 is 2.79 bits per heavy atom. The highest BCUT2D eigenvalue weighted by molar-refractivity contribution is 7.17. The molecule has 3 aromatic heterocycles. The maximum absolute atomic E-state index is 13.2. The summed E-state index contributed by atoms with van der Waals surface area (Å²) in [4.78, 5) is 37.0. The molecule has 0 bridgehead atoms. The lowest BCUT2D eigenvalue weighted by atomic mass is 10.1. The van der Waals surface area contributed by atoms with Gasteiger partial charge in [0.15, 0.2) is 11.4 Å². The third kappa shape index (κ3) is 5.50. The molecule has 5 heterocycles. The van der Waals surface area contributed by atoms with Gasteiger partial charge in [-0.25, -0.2) is 14.6 Å². The number of thiazole rings is 1. The van der Waals surface area contributed by atoms with Crippen LogP contribution in [0.4, 0.5) is 16.6 Å². The number of nitrogens with one attached hydrogen (secondary N) is 2. The van der Waals surface area contributed by atoms with E-state index in [-0.39, 0.29) is 24.5 Å². The topological polar surface area (TPSA) is 114 Å². The molecule has 0 spiro atoms. The van der Waals surface area contributed by atoms with Gasteiger partial charge in [-0.1, -0.05) is 23.5 Å². The van der Waals surface area contributed by atoms with Gasteiger partial charge in [-0.3, -0.25) is 9.59 Å². The largest absolute Gasteiger partial charge is 0.356 e. The molecule has 1 atom stereocenters. The fraction of sp³-hybridized carbons (Fsp3) is 0.393. The van der Waals surface area contributed by atoms with E-state index in [9.17, 15) is 9.59 Å². The van der Waals surface area contributed by atoms with Gasteiger partial charge in [0.2, 0.25) is 5.91 Å². The van der Waals surface area contributed by atoms with E-state index < -0.39 is 0 Å². The molecule has 10 nitrogen and oxygen atoms in total. The van der Waals surface area contributed by atoms with Crippen LogP contribution in [0.15, 0.2) is 42.7 Å². The monoisotopic (exact) mass is 545 g/mol. The van der Waals surface area contributed by atoms with Crippen LogP contribution < -0.4 is 10.6 Å². The van der Waals surface area contributed by atoms with Crippen molar-refractivity contribution in [2.24, 2.45) is 0 Å². The predicted octanol–water partition coefficient (Wildman–Crippen LogP) is 5.06. The van der Waals surface area contributed by atoms with Crippen LogP contribution in [0, 0.1) is 6.92 Å². The molecule has 2 amide bonds. The zero-order valence-electron chi connectivity index (χ0n) is 21.9. The molecule has 2 fully saturated rings. The first-order valence-electron chi connectivity index (χ1n) is 13.4. The van der Waals surface area contributed by atoms with Gasteiger partial charge in [0.05, 0.1) is 35.7 Å². The Bertz CT molecular complexity index is 1500. The molecule has 4 aromatic rings. The summed E-state index contributed by atoms with van der Waals surface area (Å²) >= 11 is 1.24. The van der Waals surface area contributed by atoms with Gasteiger partial charge in [0, 0.05) is 25.1 Å². The maximum atomic E-state index is 13.2. The first-order chi connectivity index (χ1) is 19.0. The number of nitrogens with zero attached hydrogens (tertiary/aromatic N) is 5. The lowest BCUT2D eigenvalue weighted by molar-refractivity contribution is -0.129. The van der Waals surface area contributed by atoms with Gasteiger partial charge in [-0.05, 0) is 62.8 Å². The minimum atomic E-state index is -0.240. The van der Waals surface area contributed by atoms with E-state index in [0.29, 0.717) is 21.5 Å². The van der Waals surface area contributed by atoms with E-state index in [4.69, 9.17) is 4.74 Å². The Morgan fingerprint density at radius 1 is 1.10 bits per heavy atom. The number of aryl methyl sites for hydroxylation is 1. The van der Waals surface area contributed by atoms with Crippen LogP contribution in [0.1, 0.15) is 59.3 Å². The molecular weight excluding hydrogens is 514 g/mol. The Hall–Kier alpha value is -3.83. The minimum absolute atomic E-state index is 0.0805. The summed E-state index contributed by atoms with van der Waals surface area (Å²) in [6, 6.07) is 9.56. The predicted molar refractivity (Wildman–Crippen MR) is 150 cm³/mol. The number of rotatable bonds is 7. The second-order valence-corrected chi connectivity index (χ2v) is 11.0. The molecule has 1 aromatic carbocycles. The highest BCUT2D eigenvalue weighted by Crippen LogP contribution is 2.32. The standard InChI is InChI=1S/C28H31N7O3S/c1-18-10-11-21-20(16-30-35(21)25-9-2-5-14-38-25)26(18)33-27(37)22-17-29-28(39-22)32-23-8-6-7-19(31-23)15-24(36)34-12-3-4-13-34/h6-8,10-11,16-17,25H,2-5,9,12-15H2,1H3,(H,33,37)(H,29,31,32). The average molecular weight is 546 g/mol. The lowest BCUT2D eigenvalue weighted by Crippen LogP contribution is -2.29. The van der Waals surface area contributed by atoms with Gasteiger partial charge in [-0.2, -0.15) is 5.10 Å². The normalized spacial score (nSPS) is 17.5. The van der Waals surface area contributed by atoms with E-state index >= 15 is 0 Å². The fourth-order valence-corrected chi connectivity index (χ4v) is 5.86. The van der Waals surface area contributed by atoms with Crippen molar-refractivity contribution in [2.75, 3.05) is 30.3 Å². The van der Waals surface area contributed by atoms with Crippen molar-refractivity contribution in [1.82, 2.24) is 24.6 Å². The van der Waals surface area contributed by atoms with Crippen LogP contribution in [-0.2, 0) is 16.0 Å². The second-order valence-electron chi connectivity index (χ2n) is 9.99. The number of carbonyl (C=O) groups excluding carboxylic acids is 2. The number of likely N-dealkylation sites (tertiary alicyclic amines) is 1. The maximum Gasteiger partial charge on any atom is 0.267 e. The molecule has 2 aliphatic heterocycles. The zero-order valence-corrected chi connectivity index (χ0v) is 22.7. The highest BCUT2D eigenvalue weighted by atomic mass is 32.1. The van der Waals surface area contributed by atoms with Crippen LogP contribution in [-0.4, -0.2) is 56.2 Å². The number of pyridine rings is 1. The number of hydrogen-bond donors (Lipinski definition) is 2. The summed E-state index contributed by atoms with van der Waals surface area (Å²) in [6.45, 7) is 4.36. The van der Waals surface area contributed by atoms with E-state index in [1.54, 1.807) is 12.4 Å². The van der Waals surface area contributed by atoms with E-state index in [1.807, 2.05) is 46.8 Å². The highest BCUT2D eigenvalue weighted by Gasteiger charge is 2.22. The number of anilines is 3. The molecule has 0 radical (unpaired) electrons. The van der Waals surface area contributed by atoms with Gasteiger partial charge in [0.25, 0.3) is 5.91 Å². The van der Waals surface area contributed by atoms with Gasteiger partial charge in [0.1, 0.15) is 10.7 Å². The van der Waals surface area contributed by atoms with E-state index in [2.05, 4.69) is 25.7 Å². The van der Waals surface area contributed by atoms with Crippen molar-refractivity contribution >= 4 is 50.7 Å². The quantitative estimate of drug-likeness (QED) is 0.334. The summed E-state index contributed by atoms with van der Waals surface area (Å²) in [5.74, 6) is 0.448. The van der Waals surface area contributed by atoms with Crippen LogP contribution in [0.2, 0.25) is 0 Å². The van der Waals surface area contributed by atoms with Crippen molar-refractivity contribution in [3.63, 3.8) is 0 Å². The first-order valence-corrected chi connectivity index (χ1v) is 14.2. The number of benzene rings is 1. The molecule has 2 aliphatic rings. The van der Waals surface area contributed by atoms with Crippen molar-refractivity contribution < 1.29 is 14.3 Å². The van der Waals surface area contributed by atoms with E-state index in [1.165, 1.54) is 11.3 Å². The summed E-state index contributed by atoms with van der Waals surface area (Å²) in [7, 11) is 0. The number of hydrogen-bond acceptors (Lipinski definition) is 8. The summed E-state index contributed by atoms with van der Waals surface area (Å²) < 4.78 is 7.84. The van der Waals surface area contributed by atoms with Crippen molar-refractivity contribution in [1.29, 1.82) is 0 Å². The smallest absolute Gasteiger partial charge is 0.267 e. The summed E-state index contributed by atoms with van der Waals surface area (Å²) in [6.07, 6.45) is 8.78. The van der Waals surface area contributed by atoms with Gasteiger partial charge >= 0.3 is 0 Å². The number of ether oxygens (including phenoxy) is 1. The molecule has 2 saturated heterocycles. The molecule has 11 heteroatoms. The van der Waals surface area contributed by atoms with Crippen LogP contribution in [0.3, 0.4) is 0 Å². The average Bonchev–Trinajstić information content (AvgIpc) is 3.72. The number of amides is 2. The van der Waals surface area contributed by atoms with Crippen molar-refractivity contribution in [3.8, 4) is 0 Å². The molecule has 1 unspecified atom stereocenters. The molecule has 6 rings (SSSR count). The molecule has 202 valence electrons. The third-order valence-corrected chi connectivity index (χ3v) is 8.13.